The summed E-state index contributed by atoms with van der Waals surface area (Å²) in [7, 11) is 0. The first-order valence-electron chi connectivity index (χ1n) is 7.02. The average Bonchev–Trinajstić information content (AvgIpc) is 2.40. The summed E-state index contributed by atoms with van der Waals surface area (Å²) in [6.07, 6.45) is 2.57. The van der Waals surface area contributed by atoms with Gasteiger partial charge in [0.2, 0.25) is 0 Å². The number of hydrogen-bond donors (Lipinski definition) is 0. The highest BCUT2D eigenvalue weighted by Crippen LogP contribution is 2.12. The summed E-state index contributed by atoms with van der Waals surface area (Å²) < 4.78 is 10.9. The van der Waals surface area contributed by atoms with E-state index in [2.05, 4.69) is 16.7 Å². The minimum Gasteiger partial charge on any atom is -0.379 e. The Morgan fingerprint density at radius 3 is 2.12 bits per heavy atom. The van der Waals surface area contributed by atoms with Crippen molar-refractivity contribution in [3.8, 4) is 0 Å². The maximum absolute atomic E-state index is 5.44. The van der Waals surface area contributed by atoms with Gasteiger partial charge < -0.3 is 9.47 Å². The molecule has 0 amide bonds. The average molecular weight is 242 g/mol. The normalized spacial score (nSPS) is 25.9. The fourth-order valence-corrected chi connectivity index (χ4v) is 2.75. The fourth-order valence-electron chi connectivity index (χ4n) is 2.75. The SMILES string of the molecule is CCCC(CN1CCOCC1)N1CCOCC1. The Hall–Kier alpha value is -0.160. The van der Waals surface area contributed by atoms with E-state index in [4.69, 9.17) is 9.47 Å². The minimum absolute atomic E-state index is 0.710. The first-order valence-corrected chi connectivity index (χ1v) is 7.02. The molecule has 0 aromatic heterocycles. The third kappa shape index (κ3) is 4.21. The largest absolute Gasteiger partial charge is 0.379 e. The van der Waals surface area contributed by atoms with Crippen molar-refractivity contribution < 1.29 is 9.47 Å². The van der Waals surface area contributed by atoms with E-state index in [1.54, 1.807) is 0 Å². The van der Waals surface area contributed by atoms with Crippen LogP contribution >= 0.6 is 0 Å². The van der Waals surface area contributed by atoms with Gasteiger partial charge in [-0.15, -0.1) is 0 Å². The topological polar surface area (TPSA) is 24.9 Å². The number of rotatable bonds is 5. The molecule has 1 atom stereocenters. The van der Waals surface area contributed by atoms with Gasteiger partial charge >= 0.3 is 0 Å². The maximum Gasteiger partial charge on any atom is 0.0594 e. The highest BCUT2D eigenvalue weighted by atomic mass is 16.5. The highest BCUT2D eigenvalue weighted by Gasteiger charge is 2.23. The molecule has 0 N–H and O–H groups in total. The lowest BCUT2D eigenvalue weighted by atomic mass is 10.1. The van der Waals surface area contributed by atoms with Crippen LogP contribution in [0, 0.1) is 0 Å². The van der Waals surface area contributed by atoms with Crippen molar-refractivity contribution >= 4 is 0 Å². The van der Waals surface area contributed by atoms with Crippen molar-refractivity contribution in [1.82, 2.24) is 9.80 Å². The molecule has 2 saturated heterocycles. The van der Waals surface area contributed by atoms with Gasteiger partial charge in [0.05, 0.1) is 26.4 Å². The van der Waals surface area contributed by atoms with Crippen molar-refractivity contribution in [2.75, 3.05) is 59.2 Å². The Bertz CT molecular complexity index is 202. The molecule has 0 radical (unpaired) electrons. The molecule has 0 aliphatic carbocycles. The zero-order valence-corrected chi connectivity index (χ0v) is 11.1. The van der Waals surface area contributed by atoms with Gasteiger partial charge in [-0.05, 0) is 6.42 Å². The van der Waals surface area contributed by atoms with Crippen LogP contribution in [0.5, 0.6) is 0 Å². The molecule has 0 bridgehead atoms. The zero-order chi connectivity index (χ0) is 11.9. The van der Waals surface area contributed by atoms with E-state index >= 15 is 0 Å². The van der Waals surface area contributed by atoms with Gasteiger partial charge in [0.1, 0.15) is 0 Å². The molecule has 2 fully saturated rings. The molecule has 4 nitrogen and oxygen atoms in total. The number of morpholine rings is 2. The summed E-state index contributed by atoms with van der Waals surface area (Å²) >= 11 is 0. The second-order valence-electron chi connectivity index (χ2n) is 5.00. The number of nitrogens with zero attached hydrogens (tertiary/aromatic N) is 2. The lowest BCUT2D eigenvalue weighted by Crippen LogP contribution is -2.50. The van der Waals surface area contributed by atoms with Gasteiger partial charge in [0.25, 0.3) is 0 Å². The summed E-state index contributed by atoms with van der Waals surface area (Å²) in [6.45, 7) is 11.5. The fraction of sp³-hybridized carbons (Fsp3) is 1.00. The summed E-state index contributed by atoms with van der Waals surface area (Å²) in [5.41, 5.74) is 0. The van der Waals surface area contributed by atoms with Crippen molar-refractivity contribution in [1.29, 1.82) is 0 Å². The predicted molar refractivity (Wildman–Crippen MR) is 68.3 cm³/mol. The molecule has 1 unspecified atom stereocenters. The Morgan fingerprint density at radius 2 is 1.53 bits per heavy atom. The van der Waals surface area contributed by atoms with Gasteiger partial charge in [-0.2, -0.15) is 0 Å². The van der Waals surface area contributed by atoms with Crippen molar-refractivity contribution in [2.24, 2.45) is 0 Å². The molecule has 100 valence electrons. The van der Waals surface area contributed by atoms with Crippen molar-refractivity contribution in [3.63, 3.8) is 0 Å². The number of hydrogen-bond acceptors (Lipinski definition) is 4. The van der Waals surface area contributed by atoms with Crippen LogP contribution in [0.15, 0.2) is 0 Å². The predicted octanol–water partition coefficient (Wildman–Crippen LogP) is 0.820. The van der Waals surface area contributed by atoms with Gasteiger partial charge in [-0.25, -0.2) is 0 Å². The van der Waals surface area contributed by atoms with E-state index in [0.29, 0.717) is 6.04 Å². The van der Waals surface area contributed by atoms with E-state index < -0.39 is 0 Å². The first-order chi connectivity index (χ1) is 8.40. The molecule has 2 aliphatic heterocycles. The maximum atomic E-state index is 5.44. The second kappa shape index (κ2) is 7.31. The quantitative estimate of drug-likeness (QED) is 0.712. The third-order valence-corrected chi connectivity index (χ3v) is 3.76. The van der Waals surface area contributed by atoms with Gasteiger partial charge in [-0.1, -0.05) is 13.3 Å². The van der Waals surface area contributed by atoms with Crippen LogP contribution < -0.4 is 0 Å². The van der Waals surface area contributed by atoms with Gasteiger partial charge in [0.15, 0.2) is 0 Å². The number of ether oxygens (including phenoxy) is 2. The van der Waals surface area contributed by atoms with Gasteiger partial charge in [-0.3, -0.25) is 9.80 Å². The summed E-state index contributed by atoms with van der Waals surface area (Å²) in [4.78, 5) is 5.17. The Labute approximate surface area is 105 Å². The van der Waals surface area contributed by atoms with E-state index in [-0.39, 0.29) is 0 Å². The molecular formula is C13H26N2O2. The summed E-state index contributed by atoms with van der Waals surface area (Å²) in [6, 6.07) is 0.710. The molecular weight excluding hydrogens is 216 g/mol. The van der Waals surface area contributed by atoms with Crippen LogP contribution in [0.2, 0.25) is 0 Å². The molecule has 2 heterocycles. The molecule has 4 heteroatoms. The highest BCUT2D eigenvalue weighted by molar-refractivity contribution is 4.78. The van der Waals surface area contributed by atoms with Crippen LogP contribution in [0.4, 0.5) is 0 Å². The first kappa shape index (κ1) is 13.3. The lowest BCUT2D eigenvalue weighted by molar-refractivity contribution is -0.0110. The van der Waals surface area contributed by atoms with E-state index in [9.17, 15) is 0 Å². The zero-order valence-electron chi connectivity index (χ0n) is 11.1. The second-order valence-corrected chi connectivity index (χ2v) is 5.00. The van der Waals surface area contributed by atoms with Crippen molar-refractivity contribution in [3.05, 3.63) is 0 Å². The Balaban J connectivity index is 1.81. The van der Waals surface area contributed by atoms with E-state index in [1.807, 2.05) is 0 Å². The molecule has 2 aliphatic rings. The molecule has 0 aromatic rings. The molecule has 2 rings (SSSR count). The lowest BCUT2D eigenvalue weighted by Gasteiger charge is -2.38. The van der Waals surface area contributed by atoms with Crippen LogP contribution in [-0.4, -0.2) is 75.0 Å². The van der Waals surface area contributed by atoms with Crippen LogP contribution in [0.25, 0.3) is 0 Å². The monoisotopic (exact) mass is 242 g/mol. The van der Waals surface area contributed by atoms with E-state index in [1.165, 1.54) is 19.4 Å². The van der Waals surface area contributed by atoms with Crippen LogP contribution in [0.1, 0.15) is 19.8 Å². The summed E-state index contributed by atoms with van der Waals surface area (Å²) in [5, 5.41) is 0. The van der Waals surface area contributed by atoms with Crippen LogP contribution in [-0.2, 0) is 9.47 Å². The Kier molecular flexibility index (Phi) is 5.71. The molecule has 0 spiro atoms. The van der Waals surface area contributed by atoms with Crippen LogP contribution in [0.3, 0.4) is 0 Å². The molecule has 0 saturated carbocycles. The van der Waals surface area contributed by atoms with Crippen molar-refractivity contribution in [2.45, 2.75) is 25.8 Å². The molecule has 17 heavy (non-hydrogen) atoms. The minimum atomic E-state index is 0.710. The van der Waals surface area contributed by atoms with Gasteiger partial charge in [0, 0.05) is 38.8 Å². The molecule has 0 aromatic carbocycles. The van der Waals surface area contributed by atoms with E-state index in [0.717, 1.165) is 52.6 Å². The third-order valence-electron chi connectivity index (χ3n) is 3.76. The smallest absolute Gasteiger partial charge is 0.0594 e. The Morgan fingerprint density at radius 1 is 0.941 bits per heavy atom. The summed E-state index contributed by atoms with van der Waals surface area (Å²) in [5.74, 6) is 0. The standard InChI is InChI=1S/C13H26N2O2/c1-2-3-13(15-6-10-17-11-7-15)12-14-4-8-16-9-5-14/h13H,2-12H2,1H3.